The average Bonchev–Trinajstić information content (AvgIpc) is 2.84. The maximum Gasteiger partial charge on any atom is 0.165 e. The van der Waals surface area contributed by atoms with Crippen LogP contribution in [0.2, 0.25) is 0 Å². The van der Waals surface area contributed by atoms with Crippen molar-refractivity contribution in [3.05, 3.63) is 52.0 Å². The van der Waals surface area contributed by atoms with Crippen molar-refractivity contribution in [3.8, 4) is 5.75 Å². The van der Waals surface area contributed by atoms with Crippen LogP contribution < -0.4 is 5.32 Å². The van der Waals surface area contributed by atoms with Crippen LogP contribution in [-0.4, -0.2) is 5.11 Å². The highest BCUT2D eigenvalue weighted by molar-refractivity contribution is 7.10. The first-order valence-corrected chi connectivity index (χ1v) is 6.29. The van der Waals surface area contributed by atoms with E-state index in [9.17, 15) is 9.50 Å². The number of aromatic hydroxyl groups is 1. The number of halogens is 1. The fourth-order valence-corrected chi connectivity index (χ4v) is 2.36. The van der Waals surface area contributed by atoms with E-state index in [0.29, 0.717) is 12.1 Å². The molecule has 1 heterocycles. The van der Waals surface area contributed by atoms with Gasteiger partial charge in [-0.2, -0.15) is 0 Å². The first kappa shape index (κ1) is 12.1. The van der Waals surface area contributed by atoms with E-state index >= 15 is 0 Å². The van der Waals surface area contributed by atoms with Gasteiger partial charge in [0.25, 0.3) is 0 Å². The van der Waals surface area contributed by atoms with Gasteiger partial charge < -0.3 is 10.4 Å². The Bertz CT molecular complexity index is 484. The molecule has 2 nitrogen and oxygen atoms in total. The molecule has 17 heavy (non-hydrogen) atoms. The third-order valence-corrected chi connectivity index (χ3v) is 3.69. The van der Waals surface area contributed by atoms with E-state index in [1.807, 2.05) is 24.4 Å². The lowest BCUT2D eigenvalue weighted by atomic mass is 10.1. The Kier molecular flexibility index (Phi) is 3.76. The van der Waals surface area contributed by atoms with Gasteiger partial charge in [-0.15, -0.1) is 11.3 Å². The van der Waals surface area contributed by atoms with Crippen molar-refractivity contribution in [2.75, 3.05) is 0 Å². The van der Waals surface area contributed by atoms with Gasteiger partial charge in [0.05, 0.1) is 0 Å². The maximum atomic E-state index is 13.1. The Balaban J connectivity index is 2.00. The molecular weight excluding hydrogens is 237 g/mol. The van der Waals surface area contributed by atoms with Crippen molar-refractivity contribution in [3.63, 3.8) is 0 Å². The minimum Gasteiger partial charge on any atom is -0.505 e. The van der Waals surface area contributed by atoms with E-state index in [2.05, 4.69) is 5.32 Å². The summed E-state index contributed by atoms with van der Waals surface area (Å²) in [5, 5.41) is 14.8. The molecule has 0 bridgehead atoms. The number of hydrogen-bond acceptors (Lipinski definition) is 3. The van der Waals surface area contributed by atoms with Crippen molar-refractivity contribution >= 4 is 11.3 Å². The zero-order chi connectivity index (χ0) is 12.3. The van der Waals surface area contributed by atoms with Gasteiger partial charge in [0, 0.05) is 23.0 Å². The molecule has 2 rings (SSSR count). The smallest absolute Gasteiger partial charge is 0.165 e. The van der Waals surface area contributed by atoms with Gasteiger partial charge in [-0.1, -0.05) is 18.2 Å². The molecule has 0 saturated carbocycles. The largest absolute Gasteiger partial charge is 0.505 e. The molecule has 0 saturated heterocycles. The summed E-state index contributed by atoms with van der Waals surface area (Å²) in [6.07, 6.45) is 0. The lowest BCUT2D eigenvalue weighted by Crippen LogP contribution is -2.17. The summed E-state index contributed by atoms with van der Waals surface area (Å²) in [4.78, 5) is 1.22. The minimum atomic E-state index is -0.576. The predicted octanol–water partition coefficient (Wildman–Crippen LogP) is 3.44. The Labute approximate surface area is 104 Å². The molecule has 1 aromatic carbocycles. The van der Waals surface area contributed by atoms with Crippen LogP contribution >= 0.6 is 11.3 Å². The summed E-state index contributed by atoms with van der Waals surface area (Å²) in [7, 11) is 0. The lowest BCUT2D eigenvalue weighted by Gasteiger charge is -2.13. The summed E-state index contributed by atoms with van der Waals surface area (Å²) in [5.41, 5.74) is 0.577. The minimum absolute atomic E-state index is 0.192. The first-order valence-electron chi connectivity index (χ1n) is 5.41. The van der Waals surface area contributed by atoms with E-state index < -0.39 is 5.82 Å². The predicted molar refractivity (Wildman–Crippen MR) is 67.6 cm³/mol. The molecule has 90 valence electrons. The molecule has 0 aliphatic rings. The molecule has 0 radical (unpaired) electrons. The third kappa shape index (κ3) is 2.84. The van der Waals surface area contributed by atoms with Crippen LogP contribution in [0.25, 0.3) is 0 Å². The average molecular weight is 251 g/mol. The zero-order valence-corrected chi connectivity index (χ0v) is 10.3. The monoisotopic (exact) mass is 251 g/mol. The van der Waals surface area contributed by atoms with Gasteiger partial charge in [-0.25, -0.2) is 4.39 Å². The van der Waals surface area contributed by atoms with Crippen LogP contribution in [0, 0.1) is 5.82 Å². The number of nitrogens with one attached hydrogen (secondary N) is 1. The number of hydrogen-bond donors (Lipinski definition) is 2. The second-order valence-corrected chi connectivity index (χ2v) is 4.84. The molecule has 1 atom stereocenters. The molecule has 0 amide bonds. The number of phenolic OH excluding ortho intramolecular Hbond substituents is 1. The maximum absolute atomic E-state index is 13.1. The number of thiophene rings is 1. The van der Waals surface area contributed by atoms with Crippen molar-refractivity contribution in [1.29, 1.82) is 0 Å². The molecule has 0 spiro atoms. The second-order valence-electron chi connectivity index (χ2n) is 3.87. The summed E-state index contributed by atoms with van der Waals surface area (Å²) < 4.78 is 13.1. The van der Waals surface area contributed by atoms with Gasteiger partial charge >= 0.3 is 0 Å². The SMILES string of the molecule is CC(NCc1cccc(F)c1O)c1cccs1. The lowest BCUT2D eigenvalue weighted by molar-refractivity contribution is 0.421. The second kappa shape index (κ2) is 5.29. The topological polar surface area (TPSA) is 32.3 Å². The number of phenols is 1. The number of benzene rings is 1. The summed E-state index contributed by atoms with van der Waals surface area (Å²) in [6.45, 7) is 2.49. The van der Waals surface area contributed by atoms with Crippen molar-refractivity contribution in [1.82, 2.24) is 5.32 Å². The highest BCUT2D eigenvalue weighted by Crippen LogP contribution is 2.23. The molecule has 1 unspecified atom stereocenters. The standard InChI is InChI=1S/C13H14FNOS/c1-9(12-6-3-7-17-12)15-8-10-4-2-5-11(14)13(10)16/h2-7,9,15-16H,8H2,1H3. The van der Waals surface area contributed by atoms with E-state index in [1.165, 1.54) is 10.9 Å². The van der Waals surface area contributed by atoms with Gasteiger partial charge in [0.1, 0.15) is 0 Å². The Morgan fingerprint density at radius 2 is 2.18 bits per heavy atom. The Hall–Kier alpha value is -1.39. The molecule has 0 aliphatic heterocycles. The fraction of sp³-hybridized carbons (Fsp3) is 0.231. The Morgan fingerprint density at radius 1 is 1.35 bits per heavy atom. The van der Waals surface area contributed by atoms with Crippen LogP contribution in [0.4, 0.5) is 4.39 Å². The van der Waals surface area contributed by atoms with Crippen LogP contribution in [0.1, 0.15) is 23.4 Å². The Morgan fingerprint density at radius 3 is 2.88 bits per heavy atom. The summed E-state index contributed by atoms with van der Waals surface area (Å²) >= 11 is 1.67. The van der Waals surface area contributed by atoms with E-state index in [-0.39, 0.29) is 11.8 Å². The molecule has 1 aromatic heterocycles. The summed E-state index contributed by atoms with van der Waals surface area (Å²) in [5.74, 6) is -0.841. The van der Waals surface area contributed by atoms with Gasteiger partial charge in [-0.3, -0.25) is 0 Å². The van der Waals surface area contributed by atoms with Crippen molar-refractivity contribution < 1.29 is 9.50 Å². The number of rotatable bonds is 4. The highest BCUT2D eigenvalue weighted by atomic mass is 32.1. The zero-order valence-electron chi connectivity index (χ0n) is 9.48. The quantitative estimate of drug-likeness (QED) is 0.872. The molecule has 2 N–H and O–H groups in total. The molecule has 0 aliphatic carbocycles. The van der Waals surface area contributed by atoms with Crippen LogP contribution in [0.5, 0.6) is 5.75 Å². The third-order valence-electron chi connectivity index (χ3n) is 2.64. The van der Waals surface area contributed by atoms with Crippen LogP contribution in [0.3, 0.4) is 0 Å². The van der Waals surface area contributed by atoms with Gasteiger partial charge in [0.2, 0.25) is 0 Å². The van der Waals surface area contributed by atoms with E-state index in [0.717, 1.165) is 0 Å². The molecule has 4 heteroatoms. The number of para-hydroxylation sites is 1. The van der Waals surface area contributed by atoms with Gasteiger partial charge in [-0.05, 0) is 24.4 Å². The van der Waals surface area contributed by atoms with E-state index in [4.69, 9.17) is 0 Å². The molecule has 2 aromatic rings. The van der Waals surface area contributed by atoms with Crippen LogP contribution in [-0.2, 0) is 6.54 Å². The van der Waals surface area contributed by atoms with Crippen molar-refractivity contribution in [2.24, 2.45) is 0 Å². The van der Waals surface area contributed by atoms with Crippen LogP contribution in [0.15, 0.2) is 35.7 Å². The fourth-order valence-electron chi connectivity index (χ4n) is 1.60. The normalized spacial score (nSPS) is 12.6. The first-order chi connectivity index (χ1) is 8.18. The summed E-state index contributed by atoms with van der Waals surface area (Å²) in [6, 6.07) is 8.80. The van der Waals surface area contributed by atoms with E-state index in [1.54, 1.807) is 23.5 Å². The highest BCUT2D eigenvalue weighted by Gasteiger charge is 2.09. The molecule has 0 fully saturated rings. The van der Waals surface area contributed by atoms with Gasteiger partial charge in [0.15, 0.2) is 11.6 Å². The molecular formula is C13H14FNOS. The van der Waals surface area contributed by atoms with Crippen molar-refractivity contribution in [2.45, 2.75) is 19.5 Å².